The number of Topliss-reactive ketones (excluding diaryl/α,β-unsaturated/α-hetero) is 1. The molecule has 1 aliphatic rings. The van der Waals surface area contributed by atoms with Gasteiger partial charge in [-0.2, -0.15) is 5.26 Å². The lowest BCUT2D eigenvalue weighted by Crippen LogP contribution is -2.38. The molecule has 1 aromatic heterocycles. The Hall–Kier alpha value is -6.63. The summed E-state index contributed by atoms with van der Waals surface area (Å²) in [5, 5.41) is 9.54. The van der Waals surface area contributed by atoms with E-state index in [2.05, 4.69) is 11.1 Å². The minimum atomic E-state index is -2.47. The van der Waals surface area contributed by atoms with Gasteiger partial charge in [0.15, 0.2) is 11.9 Å². The molecule has 0 saturated carbocycles. The lowest BCUT2D eigenvalue weighted by molar-refractivity contribution is -0.0933. The number of H-pyrrole nitrogens is 1. The number of nitrogens with one attached hydrogen (secondary N) is 1. The van der Waals surface area contributed by atoms with Crippen LogP contribution in [0.2, 0.25) is 0 Å². The molecule has 0 radical (unpaired) electrons. The first-order chi connectivity index (χ1) is 32.1. The van der Waals surface area contributed by atoms with Crippen molar-refractivity contribution in [3.8, 4) is 29.1 Å². The summed E-state index contributed by atoms with van der Waals surface area (Å²) >= 11 is 0. The van der Waals surface area contributed by atoms with Crippen LogP contribution in [0.3, 0.4) is 0 Å². The molecular weight excluding hydrogens is 866 g/mol. The van der Waals surface area contributed by atoms with Crippen LogP contribution in [-0.4, -0.2) is 69.2 Å². The van der Waals surface area contributed by atoms with E-state index in [1.54, 1.807) is 69.7 Å². The van der Waals surface area contributed by atoms with Gasteiger partial charge in [0, 0.05) is 29.8 Å². The third-order valence-corrected chi connectivity index (χ3v) is 12.3. The highest BCUT2D eigenvalue weighted by Crippen LogP contribution is 2.51. The number of aromatic amines is 1. The summed E-state index contributed by atoms with van der Waals surface area (Å²) in [7, 11) is 3.71. The van der Waals surface area contributed by atoms with Gasteiger partial charge >= 0.3 is 14.3 Å². The molecule has 342 valence electrons. The molecule has 5 aromatic carbocycles. The molecule has 1 fully saturated rings. The van der Waals surface area contributed by atoms with Gasteiger partial charge < -0.3 is 37.5 Å². The molecule has 0 amide bonds. The van der Waals surface area contributed by atoms with Crippen molar-refractivity contribution in [3.05, 3.63) is 188 Å². The van der Waals surface area contributed by atoms with Crippen molar-refractivity contribution >= 4 is 14.4 Å². The second-order valence-corrected chi connectivity index (χ2v) is 16.3. The number of hydrogen-bond donors (Lipinski definition) is 1. The average molecular weight is 916 g/mol. The molecule has 7 rings (SSSR count). The summed E-state index contributed by atoms with van der Waals surface area (Å²) in [6.45, 7) is 1.36. The number of ketones is 1. The van der Waals surface area contributed by atoms with Crippen LogP contribution in [0.15, 0.2) is 143 Å². The van der Waals surface area contributed by atoms with Gasteiger partial charge in [-0.15, -0.1) is 0 Å². The van der Waals surface area contributed by atoms with Gasteiger partial charge in [0.2, 0.25) is 0 Å². The van der Waals surface area contributed by atoms with Crippen LogP contribution >= 0.6 is 8.60 Å². The minimum absolute atomic E-state index is 0.0124. The topological polar surface area (TPSA) is 179 Å². The van der Waals surface area contributed by atoms with Gasteiger partial charge in [-0.1, -0.05) is 84.9 Å². The summed E-state index contributed by atoms with van der Waals surface area (Å²) in [6.07, 6.45) is -2.64. The fourth-order valence-electron chi connectivity index (χ4n) is 7.66. The van der Waals surface area contributed by atoms with E-state index in [0.717, 1.165) is 16.7 Å². The Morgan fingerprint density at radius 1 is 0.803 bits per heavy atom. The maximum atomic E-state index is 14.5. The second kappa shape index (κ2) is 22.0. The minimum Gasteiger partial charge on any atom is -0.497 e. The van der Waals surface area contributed by atoms with E-state index < -0.39 is 55.8 Å². The number of ether oxygens (including phenoxy) is 6. The van der Waals surface area contributed by atoms with Crippen molar-refractivity contribution in [1.82, 2.24) is 9.55 Å². The van der Waals surface area contributed by atoms with Crippen LogP contribution in [0.25, 0.3) is 0 Å². The first kappa shape index (κ1) is 47.3. The highest BCUT2D eigenvalue weighted by atomic mass is 31.2. The van der Waals surface area contributed by atoms with E-state index >= 15 is 0 Å². The number of methoxy groups -OCH3 is 4. The molecule has 0 spiro atoms. The molecule has 0 aliphatic carbocycles. The summed E-state index contributed by atoms with van der Waals surface area (Å²) in [5.74, 6) is 1.71. The smallest absolute Gasteiger partial charge is 0.334 e. The quantitative estimate of drug-likeness (QED) is 0.0316. The van der Waals surface area contributed by atoms with E-state index in [1.165, 1.54) is 25.0 Å². The van der Waals surface area contributed by atoms with E-state index in [1.807, 2.05) is 78.9 Å². The van der Waals surface area contributed by atoms with Crippen LogP contribution < -0.4 is 30.2 Å². The largest absolute Gasteiger partial charge is 0.497 e. The molecule has 2 unspecified atom stereocenters. The predicted octanol–water partition coefficient (Wildman–Crippen LogP) is 8.36. The zero-order chi connectivity index (χ0) is 46.6. The highest BCUT2D eigenvalue weighted by molar-refractivity contribution is 7.41. The number of carbonyl (C=O) groups is 1. The number of benzene rings is 5. The normalized spacial score (nSPS) is 16.8. The van der Waals surface area contributed by atoms with E-state index in [0.29, 0.717) is 39.7 Å². The standard InChI is InChI=1S/C50H50N3O12P/c1-33-31-53(49(56)52-48(33)55)45-30-43(64-66(62-26-12-25-51)65-47(46(54)34-13-8-6-9-14-34)35-27-41(59-4)29-42(28-35)60-5)44(63-45)32-61-50(36-15-10-7-11-16-36,37-17-21-39(57-2)22-18-37)38-19-23-40(58-3)24-20-38/h6-11,13-24,27-29,31,43-45,47H,12,26,30,32H2,1-5H3,(H,52,55,56)/t43-,44+,45+,47?,66?/m0/s1. The van der Waals surface area contributed by atoms with Crippen LogP contribution in [0, 0.1) is 18.3 Å². The monoisotopic (exact) mass is 915 g/mol. The molecule has 66 heavy (non-hydrogen) atoms. The molecule has 15 nitrogen and oxygen atoms in total. The summed E-state index contributed by atoms with van der Waals surface area (Å²) in [5.41, 5.74) is 0.882. The van der Waals surface area contributed by atoms with E-state index in [4.69, 9.17) is 42.0 Å². The Labute approximate surface area is 383 Å². The third-order valence-electron chi connectivity index (χ3n) is 11.1. The van der Waals surface area contributed by atoms with Crippen LogP contribution in [0.4, 0.5) is 0 Å². The average Bonchev–Trinajstić information content (AvgIpc) is 3.76. The molecule has 1 saturated heterocycles. The SMILES string of the molecule is COc1ccc(C(OC[C@H]2O[C@@H](n3cc(C)c(=O)[nH]c3=O)C[C@@H]2OP(OCCC#N)OC(C(=O)c2ccccc2)c2cc(OC)cc(OC)c2)(c2ccccc2)c2ccc(OC)cc2)cc1. The van der Waals surface area contributed by atoms with Crippen molar-refractivity contribution in [2.24, 2.45) is 0 Å². The fraction of sp³-hybridized carbons (Fsp3) is 0.280. The molecule has 1 N–H and O–H groups in total. The maximum absolute atomic E-state index is 14.5. The summed E-state index contributed by atoms with van der Waals surface area (Å²) in [4.78, 5) is 42.7. The van der Waals surface area contributed by atoms with Crippen molar-refractivity contribution in [2.75, 3.05) is 41.7 Å². The summed E-state index contributed by atoms with van der Waals surface area (Å²) < 4.78 is 57.0. The Balaban J connectivity index is 1.31. The lowest BCUT2D eigenvalue weighted by atomic mass is 9.80. The zero-order valence-electron chi connectivity index (χ0n) is 37.1. The Morgan fingerprint density at radius 2 is 1.36 bits per heavy atom. The highest BCUT2D eigenvalue weighted by Gasteiger charge is 2.45. The molecule has 6 aromatic rings. The van der Waals surface area contributed by atoms with Gasteiger partial charge in [-0.25, -0.2) is 4.79 Å². The van der Waals surface area contributed by atoms with Gasteiger partial charge in [0.05, 0.1) is 60.2 Å². The van der Waals surface area contributed by atoms with Gasteiger partial charge in [0.1, 0.15) is 40.9 Å². The third kappa shape index (κ3) is 10.7. The van der Waals surface area contributed by atoms with Crippen LogP contribution in [0.5, 0.6) is 23.0 Å². The van der Waals surface area contributed by atoms with Crippen LogP contribution in [-0.2, 0) is 28.6 Å². The Kier molecular flexibility index (Phi) is 15.8. The lowest BCUT2D eigenvalue weighted by Gasteiger charge is -2.37. The Morgan fingerprint density at radius 3 is 1.92 bits per heavy atom. The number of aryl methyl sites for hydroxylation is 1. The predicted molar refractivity (Wildman–Crippen MR) is 245 cm³/mol. The van der Waals surface area contributed by atoms with E-state index in [9.17, 15) is 19.6 Å². The van der Waals surface area contributed by atoms with Gasteiger partial charge in [0.25, 0.3) is 5.56 Å². The number of aromatic nitrogens is 2. The molecule has 16 heteroatoms. The number of hydrogen-bond acceptors (Lipinski definition) is 13. The first-order valence-corrected chi connectivity index (χ1v) is 22.1. The molecule has 0 bridgehead atoms. The molecular formula is C50H50N3O12P. The molecule has 2 heterocycles. The molecule has 5 atom stereocenters. The van der Waals surface area contributed by atoms with Gasteiger partial charge in [-0.05, 0) is 65.6 Å². The summed E-state index contributed by atoms with van der Waals surface area (Å²) in [6, 6.07) is 40.5. The van der Waals surface area contributed by atoms with E-state index in [-0.39, 0.29) is 26.1 Å². The van der Waals surface area contributed by atoms with Crippen molar-refractivity contribution in [1.29, 1.82) is 5.26 Å². The number of nitrogens with zero attached hydrogens (tertiary/aromatic N) is 2. The fourth-order valence-corrected chi connectivity index (χ4v) is 8.90. The number of rotatable bonds is 21. The first-order valence-electron chi connectivity index (χ1n) is 21.0. The van der Waals surface area contributed by atoms with Crippen molar-refractivity contribution in [2.45, 2.75) is 49.9 Å². The number of carbonyl (C=O) groups excluding carboxylic acids is 1. The maximum Gasteiger partial charge on any atom is 0.334 e. The Bertz CT molecular complexity index is 2640. The zero-order valence-corrected chi connectivity index (χ0v) is 38.0. The van der Waals surface area contributed by atoms with Gasteiger partial charge in [-0.3, -0.25) is 23.7 Å². The molecule has 1 aliphatic heterocycles. The number of nitriles is 1. The van der Waals surface area contributed by atoms with Crippen molar-refractivity contribution in [3.63, 3.8) is 0 Å². The van der Waals surface area contributed by atoms with Crippen molar-refractivity contribution < 1.29 is 46.8 Å². The van der Waals surface area contributed by atoms with Crippen LogP contribution in [0.1, 0.15) is 63.3 Å². The second-order valence-electron chi connectivity index (χ2n) is 15.1.